The molecule has 1 aromatic rings. The van der Waals surface area contributed by atoms with Crippen molar-refractivity contribution in [2.45, 2.75) is 32.9 Å². The summed E-state index contributed by atoms with van der Waals surface area (Å²) in [4.78, 5) is 4.14. The molecule has 1 unspecified atom stereocenters. The highest BCUT2D eigenvalue weighted by Crippen LogP contribution is 2.00. The van der Waals surface area contributed by atoms with Crippen LogP contribution in [0.2, 0.25) is 0 Å². The van der Waals surface area contributed by atoms with Crippen LogP contribution in [0.4, 0.5) is 0 Å². The Balaban J connectivity index is 2.23. The highest BCUT2D eigenvalue weighted by molar-refractivity contribution is 7.89. The van der Waals surface area contributed by atoms with Crippen molar-refractivity contribution < 1.29 is 8.42 Å². The summed E-state index contributed by atoms with van der Waals surface area (Å²) in [5, 5.41) is 5.19. The molecular formula is C10H19N3O2S2. The fourth-order valence-corrected chi connectivity index (χ4v) is 3.01. The van der Waals surface area contributed by atoms with Crippen molar-refractivity contribution in [1.82, 2.24) is 15.0 Å². The Hall–Kier alpha value is -0.500. The van der Waals surface area contributed by atoms with Crippen LogP contribution in [0, 0.1) is 0 Å². The van der Waals surface area contributed by atoms with Gasteiger partial charge in [-0.3, -0.25) is 0 Å². The van der Waals surface area contributed by atoms with Gasteiger partial charge in [-0.05, 0) is 13.3 Å². The van der Waals surface area contributed by atoms with Crippen LogP contribution >= 0.6 is 11.3 Å². The lowest BCUT2D eigenvalue weighted by molar-refractivity contribution is 0.521. The van der Waals surface area contributed by atoms with Crippen molar-refractivity contribution in [2.24, 2.45) is 0 Å². The van der Waals surface area contributed by atoms with Gasteiger partial charge in [-0.15, -0.1) is 11.3 Å². The molecule has 1 heterocycles. The van der Waals surface area contributed by atoms with Gasteiger partial charge in [0.1, 0.15) is 0 Å². The summed E-state index contributed by atoms with van der Waals surface area (Å²) in [6.45, 7) is 4.87. The molecule has 1 atom stereocenters. The van der Waals surface area contributed by atoms with E-state index < -0.39 is 10.0 Å². The van der Waals surface area contributed by atoms with Crippen LogP contribution in [0.5, 0.6) is 0 Å². The lowest BCUT2D eigenvalue weighted by atomic mass is 10.3. The van der Waals surface area contributed by atoms with Crippen LogP contribution in [0.15, 0.2) is 10.9 Å². The Morgan fingerprint density at radius 1 is 1.53 bits per heavy atom. The molecule has 7 heteroatoms. The summed E-state index contributed by atoms with van der Waals surface area (Å²) in [5.74, 6) is 0.186. The molecule has 0 saturated heterocycles. The summed E-state index contributed by atoms with van der Waals surface area (Å²) >= 11 is 1.55. The number of aromatic nitrogens is 1. The Kier molecular flexibility index (Phi) is 6.04. The summed E-state index contributed by atoms with van der Waals surface area (Å²) in [5.41, 5.74) is 2.77. The fourth-order valence-electron chi connectivity index (χ4n) is 1.27. The van der Waals surface area contributed by atoms with Crippen LogP contribution in [-0.2, 0) is 16.6 Å². The van der Waals surface area contributed by atoms with Crippen LogP contribution in [0.3, 0.4) is 0 Å². The van der Waals surface area contributed by atoms with E-state index in [-0.39, 0.29) is 11.8 Å². The van der Waals surface area contributed by atoms with Gasteiger partial charge in [0.05, 0.1) is 17.0 Å². The number of sulfonamides is 1. The van der Waals surface area contributed by atoms with Gasteiger partial charge in [0.15, 0.2) is 0 Å². The largest absolute Gasteiger partial charge is 0.307 e. The van der Waals surface area contributed by atoms with Crippen LogP contribution in [-0.4, -0.2) is 31.7 Å². The van der Waals surface area contributed by atoms with Gasteiger partial charge in [-0.1, -0.05) is 6.92 Å². The van der Waals surface area contributed by atoms with E-state index in [9.17, 15) is 8.42 Å². The SMILES string of the molecule is CCCS(=O)(=O)NCC(C)NCc1cscn1. The quantitative estimate of drug-likeness (QED) is 0.742. The topological polar surface area (TPSA) is 71.1 Å². The molecule has 17 heavy (non-hydrogen) atoms. The van der Waals surface area contributed by atoms with Gasteiger partial charge in [-0.2, -0.15) is 0 Å². The van der Waals surface area contributed by atoms with E-state index in [1.807, 2.05) is 19.2 Å². The second-order valence-electron chi connectivity index (χ2n) is 3.93. The Morgan fingerprint density at radius 3 is 2.88 bits per heavy atom. The van der Waals surface area contributed by atoms with Crippen molar-refractivity contribution in [3.8, 4) is 0 Å². The highest BCUT2D eigenvalue weighted by atomic mass is 32.2. The van der Waals surface area contributed by atoms with E-state index in [1.165, 1.54) is 0 Å². The van der Waals surface area contributed by atoms with Crippen LogP contribution in [0.1, 0.15) is 26.0 Å². The van der Waals surface area contributed by atoms with E-state index in [0.717, 1.165) is 5.69 Å². The molecule has 0 bridgehead atoms. The van der Waals surface area contributed by atoms with Crippen LogP contribution in [0.25, 0.3) is 0 Å². The second-order valence-corrected chi connectivity index (χ2v) is 6.57. The van der Waals surface area contributed by atoms with E-state index in [1.54, 1.807) is 16.8 Å². The van der Waals surface area contributed by atoms with Crippen molar-refractivity contribution >= 4 is 21.4 Å². The average Bonchev–Trinajstić information content (AvgIpc) is 2.76. The Labute approximate surface area is 107 Å². The van der Waals surface area contributed by atoms with Crippen molar-refractivity contribution in [3.63, 3.8) is 0 Å². The van der Waals surface area contributed by atoms with Gasteiger partial charge in [0.25, 0.3) is 0 Å². The molecule has 0 fully saturated rings. The van der Waals surface area contributed by atoms with E-state index in [2.05, 4.69) is 15.0 Å². The first-order valence-corrected chi connectivity index (χ1v) is 8.21. The number of nitrogens with zero attached hydrogens (tertiary/aromatic N) is 1. The molecule has 2 N–H and O–H groups in total. The maximum Gasteiger partial charge on any atom is 0.211 e. The van der Waals surface area contributed by atoms with Gasteiger partial charge in [-0.25, -0.2) is 18.1 Å². The van der Waals surface area contributed by atoms with E-state index >= 15 is 0 Å². The first-order valence-electron chi connectivity index (χ1n) is 5.61. The molecule has 0 aliphatic heterocycles. The molecule has 1 aromatic heterocycles. The minimum Gasteiger partial charge on any atom is -0.307 e. The summed E-state index contributed by atoms with van der Waals surface area (Å²) < 4.78 is 25.4. The Bertz CT molecular complexity index is 403. The molecule has 0 radical (unpaired) electrons. The molecule has 98 valence electrons. The fraction of sp³-hybridized carbons (Fsp3) is 0.700. The minimum atomic E-state index is -3.10. The number of rotatable bonds is 8. The molecule has 0 amide bonds. The lowest BCUT2D eigenvalue weighted by Gasteiger charge is -2.13. The molecule has 0 aliphatic rings. The van der Waals surface area contributed by atoms with Gasteiger partial charge in [0, 0.05) is 24.5 Å². The zero-order valence-corrected chi connectivity index (χ0v) is 11.8. The second kappa shape index (κ2) is 7.05. The van der Waals surface area contributed by atoms with Crippen molar-refractivity contribution in [2.75, 3.05) is 12.3 Å². The van der Waals surface area contributed by atoms with E-state index in [4.69, 9.17) is 0 Å². The number of hydrogen-bond acceptors (Lipinski definition) is 5. The minimum absolute atomic E-state index is 0.0864. The molecule has 0 aliphatic carbocycles. The summed E-state index contributed by atoms with van der Waals surface area (Å²) in [7, 11) is -3.10. The third kappa shape index (κ3) is 6.11. The molecule has 0 aromatic carbocycles. The first kappa shape index (κ1) is 14.6. The smallest absolute Gasteiger partial charge is 0.211 e. The normalized spacial score (nSPS) is 13.8. The van der Waals surface area contributed by atoms with E-state index in [0.29, 0.717) is 19.5 Å². The number of thiazole rings is 1. The predicted molar refractivity (Wildman–Crippen MR) is 70.5 cm³/mol. The summed E-state index contributed by atoms with van der Waals surface area (Å²) in [6, 6.07) is 0.0864. The van der Waals surface area contributed by atoms with Gasteiger partial charge < -0.3 is 5.32 Å². The zero-order valence-electron chi connectivity index (χ0n) is 10.1. The highest BCUT2D eigenvalue weighted by Gasteiger charge is 2.10. The predicted octanol–water partition coefficient (Wildman–Crippen LogP) is 0.951. The maximum atomic E-state index is 11.4. The molecule has 5 nitrogen and oxygen atoms in total. The number of nitrogens with one attached hydrogen (secondary N) is 2. The zero-order chi connectivity index (χ0) is 12.7. The third-order valence-electron chi connectivity index (χ3n) is 2.20. The van der Waals surface area contributed by atoms with Gasteiger partial charge in [0.2, 0.25) is 10.0 Å². The maximum absolute atomic E-state index is 11.4. The third-order valence-corrected chi connectivity index (χ3v) is 4.38. The Morgan fingerprint density at radius 2 is 2.29 bits per heavy atom. The van der Waals surface area contributed by atoms with Gasteiger partial charge >= 0.3 is 0 Å². The molecule has 0 saturated carbocycles. The molecule has 0 spiro atoms. The molecule has 1 rings (SSSR count). The van der Waals surface area contributed by atoms with Crippen LogP contribution < -0.4 is 10.0 Å². The lowest BCUT2D eigenvalue weighted by Crippen LogP contribution is -2.39. The van der Waals surface area contributed by atoms with Crippen molar-refractivity contribution in [3.05, 3.63) is 16.6 Å². The monoisotopic (exact) mass is 277 g/mol. The average molecular weight is 277 g/mol. The first-order chi connectivity index (χ1) is 8.03. The number of hydrogen-bond donors (Lipinski definition) is 2. The van der Waals surface area contributed by atoms with Crippen molar-refractivity contribution in [1.29, 1.82) is 0 Å². The molecular weight excluding hydrogens is 258 g/mol. The summed E-state index contributed by atoms with van der Waals surface area (Å²) in [6.07, 6.45) is 0.635. The standard InChI is InChI=1S/C10H19N3O2S2/c1-3-4-17(14,15)13-5-9(2)11-6-10-7-16-8-12-10/h7-9,11,13H,3-6H2,1-2H3.